The van der Waals surface area contributed by atoms with Crippen LogP contribution in [0.15, 0.2) is 66.7 Å². The van der Waals surface area contributed by atoms with Gasteiger partial charge in [0, 0.05) is 54.8 Å². The summed E-state index contributed by atoms with van der Waals surface area (Å²) in [6.45, 7) is 4.63. The number of amides is 2. The lowest BCUT2D eigenvalue weighted by atomic mass is 9.72. The van der Waals surface area contributed by atoms with Gasteiger partial charge in [0.1, 0.15) is 0 Å². The van der Waals surface area contributed by atoms with E-state index in [1.54, 1.807) is 0 Å². The number of halogens is 1. The quantitative estimate of drug-likeness (QED) is 0.187. The van der Waals surface area contributed by atoms with Gasteiger partial charge in [0.25, 0.3) is 5.91 Å². The highest BCUT2D eigenvalue weighted by molar-refractivity contribution is 6.33. The van der Waals surface area contributed by atoms with Crippen molar-refractivity contribution in [2.45, 2.75) is 51.2 Å². The van der Waals surface area contributed by atoms with Crippen LogP contribution in [0, 0.1) is 5.92 Å². The topological polar surface area (TPSA) is 111 Å². The fourth-order valence-electron chi connectivity index (χ4n) is 6.12. The summed E-state index contributed by atoms with van der Waals surface area (Å²) in [7, 11) is 1.32. The van der Waals surface area contributed by atoms with Gasteiger partial charge in [0.15, 0.2) is 0 Å². The van der Waals surface area contributed by atoms with Crippen LogP contribution in [0.1, 0.15) is 59.7 Å². The number of methoxy groups -OCH3 is 1. The Morgan fingerprint density at radius 2 is 1.84 bits per heavy atom. The molecule has 3 aromatic rings. The van der Waals surface area contributed by atoms with E-state index in [0.717, 1.165) is 41.5 Å². The fourth-order valence-corrected chi connectivity index (χ4v) is 6.40. The number of aliphatic hydroxyl groups is 2. The molecule has 0 unspecified atom stereocenters. The van der Waals surface area contributed by atoms with E-state index in [-0.39, 0.29) is 18.4 Å². The van der Waals surface area contributed by atoms with Crippen LogP contribution in [-0.2, 0) is 23.3 Å². The molecule has 1 aliphatic rings. The van der Waals surface area contributed by atoms with Crippen molar-refractivity contribution < 1.29 is 24.5 Å². The third-order valence-corrected chi connectivity index (χ3v) is 8.81. The largest absolute Gasteiger partial charge is 0.453 e. The van der Waals surface area contributed by atoms with Crippen molar-refractivity contribution >= 4 is 23.6 Å². The number of nitrogens with one attached hydrogen (secondary N) is 2. The molecule has 4 N–H and O–H groups in total. The second-order valence-electron chi connectivity index (χ2n) is 11.4. The summed E-state index contributed by atoms with van der Waals surface area (Å²) in [4.78, 5) is 27.2. The highest BCUT2D eigenvalue weighted by Gasteiger charge is 2.43. The summed E-state index contributed by atoms with van der Waals surface area (Å²) >= 11 is 6.87. The number of carbonyl (C=O) groups is 2. The van der Waals surface area contributed by atoms with Gasteiger partial charge in [-0.25, -0.2) is 4.79 Å². The van der Waals surface area contributed by atoms with Gasteiger partial charge in [-0.15, -0.1) is 0 Å². The van der Waals surface area contributed by atoms with E-state index in [9.17, 15) is 14.7 Å². The van der Waals surface area contributed by atoms with E-state index < -0.39 is 11.7 Å². The SMILES string of the molecule is CCc1cccc(-c2c(Cl)cccc2[C@](O)(CCCNC(=O)OC)[C@@H]2CCCN(C(=O)c3ccc(CNCCO)cc3)C2)c1. The van der Waals surface area contributed by atoms with Crippen molar-refractivity contribution in [2.24, 2.45) is 5.92 Å². The number of alkyl carbamates (subject to hydrolysis) is 1. The Morgan fingerprint density at radius 1 is 1.07 bits per heavy atom. The van der Waals surface area contributed by atoms with E-state index in [4.69, 9.17) is 21.4 Å². The number of benzene rings is 3. The van der Waals surface area contributed by atoms with E-state index in [1.165, 1.54) is 12.7 Å². The lowest BCUT2D eigenvalue weighted by Crippen LogP contribution is -2.48. The number of hydrogen-bond donors (Lipinski definition) is 4. The molecule has 0 radical (unpaired) electrons. The first-order valence-electron chi connectivity index (χ1n) is 15.4. The van der Waals surface area contributed by atoms with Gasteiger partial charge >= 0.3 is 6.09 Å². The lowest BCUT2D eigenvalue weighted by Gasteiger charge is -2.44. The van der Waals surface area contributed by atoms with Gasteiger partial charge in [-0.2, -0.15) is 0 Å². The fraction of sp³-hybridized carbons (Fsp3) is 0.429. The van der Waals surface area contributed by atoms with Crippen LogP contribution in [-0.4, -0.2) is 67.0 Å². The van der Waals surface area contributed by atoms with Crippen LogP contribution in [0.2, 0.25) is 5.02 Å². The van der Waals surface area contributed by atoms with Crippen molar-refractivity contribution in [3.8, 4) is 11.1 Å². The lowest BCUT2D eigenvalue weighted by molar-refractivity contribution is -0.0563. The third kappa shape index (κ3) is 8.18. The normalized spacial score (nSPS) is 16.3. The first-order chi connectivity index (χ1) is 21.3. The molecule has 44 heavy (non-hydrogen) atoms. The Hall–Kier alpha value is -3.43. The van der Waals surface area contributed by atoms with Crippen molar-refractivity contribution in [2.75, 3.05) is 39.9 Å². The molecule has 1 aliphatic heterocycles. The predicted molar refractivity (Wildman–Crippen MR) is 174 cm³/mol. The number of aryl methyl sites for hydroxylation is 1. The Balaban J connectivity index is 1.64. The van der Waals surface area contributed by atoms with Crippen molar-refractivity contribution in [1.29, 1.82) is 0 Å². The maximum absolute atomic E-state index is 13.7. The third-order valence-electron chi connectivity index (χ3n) is 8.50. The maximum atomic E-state index is 13.7. The molecule has 0 saturated carbocycles. The molecule has 3 aromatic carbocycles. The van der Waals surface area contributed by atoms with Gasteiger partial charge < -0.3 is 30.5 Å². The molecule has 0 aromatic heterocycles. The molecule has 0 spiro atoms. The van der Waals surface area contributed by atoms with Gasteiger partial charge in [0.2, 0.25) is 0 Å². The van der Waals surface area contributed by atoms with E-state index in [0.29, 0.717) is 56.2 Å². The summed E-state index contributed by atoms with van der Waals surface area (Å²) in [6.07, 6.45) is 2.71. The van der Waals surface area contributed by atoms with Gasteiger partial charge in [-0.3, -0.25) is 4.79 Å². The Kier molecular flexibility index (Phi) is 12.2. The first kappa shape index (κ1) is 33.5. The van der Waals surface area contributed by atoms with Crippen LogP contribution < -0.4 is 10.6 Å². The zero-order valence-electron chi connectivity index (χ0n) is 25.7. The average Bonchev–Trinajstić information content (AvgIpc) is 3.06. The number of hydrogen-bond acceptors (Lipinski definition) is 6. The summed E-state index contributed by atoms with van der Waals surface area (Å²) in [5.74, 6) is -0.326. The smallest absolute Gasteiger partial charge is 0.406 e. The highest BCUT2D eigenvalue weighted by atomic mass is 35.5. The number of aliphatic hydroxyl groups excluding tert-OH is 1. The number of nitrogens with zero attached hydrogens (tertiary/aromatic N) is 1. The molecule has 2 amide bonds. The van der Waals surface area contributed by atoms with Gasteiger partial charge in [-0.1, -0.05) is 67.1 Å². The molecular weight excluding hydrogens is 578 g/mol. The predicted octanol–water partition coefficient (Wildman–Crippen LogP) is 5.53. The van der Waals surface area contributed by atoms with Crippen molar-refractivity contribution in [3.63, 3.8) is 0 Å². The number of carbonyl (C=O) groups excluding carboxylic acids is 2. The monoisotopic (exact) mass is 621 g/mol. The number of likely N-dealkylation sites (tertiary alicyclic amines) is 1. The number of rotatable bonds is 13. The molecule has 1 saturated heterocycles. The standard InChI is InChI=1S/C35H44ClN3O5/c1-3-25-8-4-9-28(22-25)32-30(11-5-12-31(32)36)35(43,17-7-18-38-34(42)44-2)29-10-6-20-39(24-29)33(41)27-15-13-26(14-16-27)23-37-19-21-40/h4-5,8-9,11-16,22,29,37,40,43H,3,6-7,10,17-21,23-24H2,1-2H3,(H,38,42)/t29-,35+/m1/s1. The van der Waals surface area contributed by atoms with E-state index in [2.05, 4.69) is 29.7 Å². The van der Waals surface area contributed by atoms with Crippen molar-refractivity contribution in [1.82, 2.24) is 15.5 Å². The molecule has 236 valence electrons. The average molecular weight is 622 g/mol. The molecular formula is C35H44ClN3O5. The van der Waals surface area contributed by atoms with Crippen LogP contribution in [0.5, 0.6) is 0 Å². The van der Waals surface area contributed by atoms with Crippen LogP contribution in [0.25, 0.3) is 11.1 Å². The van der Waals surface area contributed by atoms with Gasteiger partial charge in [-0.05, 0) is 72.6 Å². The minimum atomic E-state index is -1.32. The van der Waals surface area contributed by atoms with Gasteiger partial charge in [0.05, 0.1) is 19.3 Å². The molecule has 8 nitrogen and oxygen atoms in total. The minimum absolute atomic E-state index is 0.0683. The summed E-state index contributed by atoms with van der Waals surface area (Å²) in [5.41, 5.74) is 3.94. The molecule has 0 bridgehead atoms. The van der Waals surface area contributed by atoms with E-state index in [1.807, 2.05) is 59.5 Å². The molecule has 1 fully saturated rings. The molecule has 9 heteroatoms. The Labute approximate surface area is 265 Å². The summed E-state index contributed by atoms with van der Waals surface area (Å²) in [6, 6.07) is 21.4. The van der Waals surface area contributed by atoms with Crippen LogP contribution in [0.3, 0.4) is 0 Å². The van der Waals surface area contributed by atoms with E-state index >= 15 is 0 Å². The summed E-state index contributed by atoms with van der Waals surface area (Å²) in [5, 5.41) is 28.2. The molecule has 0 aliphatic carbocycles. The highest BCUT2D eigenvalue weighted by Crippen LogP contribution is 2.45. The number of ether oxygens (including phenoxy) is 1. The second-order valence-corrected chi connectivity index (χ2v) is 11.8. The zero-order valence-corrected chi connectivity index (χ0v) is 26.4. The Bertz CT molecular complexity index is 1400. The molecule has 4 rings (SSSR count). The summed E-state index contributed by atoms with van der Waals surface area (Å²) < 4.78 is 4.72. The minimum Gasteiger partial charge on any atom is -0.453 e. The molecule has 2 atom stereocenters. The first-order valence-corrected chi connectivity index (χ1v) is 15.8. The zero-order chi connectivity index (χ0) is 31.5. The van der Waals surface area contributed by atoms with Crippen LogP contribution >= 0.6 is 11.6 Å². The number of piperidine rings is 1. The second kappa shape index (κ2) is 16.0. The molecule has 1 heterocycles. The van der Waals surface area contributed by atoms with Crippen molar-refractivity contribution in [3.05, 3.63) is 94.0 Å². The Morgan fingerprint density at radius 3 is 2.57 bits per heavy atom. The maximum Gasteiger partial charge on any atom is 0.406 e. The van der Waals surface area contributed by atoms with Crippen LogP contribution in [0.4, 0.5) is 4.79 Å².